The largest absolute Gasteiger partial charge is 0.493 e. The van der Waals surface area contributed by atoms with E-state index in [4.69, 9.17) is 19.2 Å². The number of pyridine rings is 1. The number of methoxy groups -OCH3 is 3. The number of nitrogens with zero attached hydrogens (tertiary/aromatic N) is 4. The molecule has 0 amide bonds. The Balaban J connectivity index is 1.77. The predicted octanol–water partition coefficient (Wildman–Crippen LogP) is 5.98. The molecule has 2 aromatic heterocycles. The fourth-order valence-electron chi connectivity index (χ4n) is 5.04. The Labute approximate surface area is 225 Å². The Morgan fingerprint density at radius 3 is 2.26 bits per heavy atom. The summed E-state index contributed by atoms with van der Waals surface area (Å²) in [6.45, 7) is 2.69. The van der Waals surface area contributed by atoms with Gasteiger partial charge >= 0.3 is 0 Å². The minimum atomic E-state index is -0.751. The van der Waals surface area contributed by atoms with Crippen LogP contribution in [-0.4, -0.2) is 48.9 Å². The van der Waals surface area contributed by atoms with Gasteiger partial charge in [-0.05, 0) is 74.0 Å². The first-order chi connectivity index (χ1) is 19.0. The number of hydrogen-bond donors (Lipinski definition) is 0. The number of likely N-dealkylation sites (tertiary alicyclic amines) is 1. The highest BCUT2D eigenvalue weighted by atomic mass is 19.1. The fourth-order valence-corrected chi connectivity index (χ4v) is 5.04. The lowest BCUT2D eigenvalue weighted by molar-refractivity contribution is 0.324. The third-order valence-electron chi connectivity index (χ3n) is 6.94. The minimum absolute atomic E-state index is 0.115. The quantitative estimate of drug-likeness (QED) is 0.279. The van der Waals surface area contributed by atoms with Crippen LogP contribution in [0.4, 0.5) is 8.78 Å². The Hall–Kier alpha value is -4.42. The predicted molar refractivity (Wildman–Crippen MR) is 143 cm³/mol. The number of hydrogen-bond acceptors (Lipinski definition) is 6. The SMILES string of the molecule is COc1cc(-c2cc(-c3ccc(F)cc3F)nc(-n3cccc3CN3CCCC3)c2C#N)cc(OC)c1OC. The number of halogens is 2. The Morgan fingerprint density at radius 1 is 0.923 bits per heavy atom. The van der Waals surface area contributed by atoms with Crippen LogP contribution in [0.1, 0.15) is 24.1 Å². The van der Waals surface area contributed by atoms with Gasteiger partial charge in [-0.25, -0.2) is 13.8 Å². The van der Waals surface area contributed by atoms with E-state index in [0.29, 0.717) is 40.7 Å². The van der Waals surface area contributed by atoms with E-state index < -0.39 is 11.6 Å². The van der Waals surface area contributed by atoms with Crippen molar-refractivity contribution < 1.29 is 23.0 Å². The van der Waals surface area contributed by atoms with Gasteiger partial charge in [0, 0.05) is 35.6 Å². The first kappa shape index (κ1) is 26.2. The number of nitriles is 1. The van der Waals surface area contributed by atoms with Gasteiger partial charge in [-0.2, -0.15) is 5.26 Å². The molecule has 0 aliphatic carbocycles. The van der Waals surface area contributed by atoms with Gasteiger partial charge in [-0.3, -0.25) is 4.90 Å². The van der Waals surface area contributed by atoms with E-state index >= 15 is 0 Å². The molecular weight excluding hydrogens is 502 g/mol. The van der Waals surface area contributed by atoms with Crippen LogP contribution in [0.3, 0.4) is 0 Å². The molecule has 39 heavy (non-hydrogen) atoms. The van der Waals surface area contributed by atoms with Gasteiger partial charge in [0.25, 0.3) is 0 Å². The van der Waals surface area contributed by atoms with Crippen molar-refractivity contribution in [1.29, 1.82) is 5.26 Å². The first-order valence-electron chi connectivity index (χ1n) is 12.6. The van der Waals surface area contributed by atoms with E-state index in [2.05, 4.69) is 11.0 Å². The maximum Gasteiger partial charge on any atom is 0.203 e. The maximum absolute atomic E-state index is 15.0. The van der Waals surface area contributed by atoms with Crippen LogP contribution in [0.25, 0.3) is 28.2 Å². The summed E-state index contributed by atoms with van der Waals surface area (Å²) in [7, 11) is 4.52. The van der Waals surface area contributed by atoms with Crippen molar-refractivity contribution in [2.45, 2.75) is 19.4 Å². The average molecular weight is 531 g/mol. The van der Waals surface area contributed by atoms with E-state index in [1.807, 2.05) is 22.9 Å². The molecule has 0 radical (unpaired) electrons. The Kier molecular flexibility index (Phi) is 7.48. The van der Waals surface area contributed by atoms with Crippen LogP contribution in [0, 0.1) is 23.0 Å². The lowest BCUT2D eigenvalue weighted by atomic mass is 9.97. The summed E-state index contributed by atoms with van der Waals surface area (Å²) in [5.74, 6) is 0.118. The molecule has 1 saturated heterocycles. The molecule has 0 atom stereocenters. The summed E-state index contributed by atoms with van der Waals surface area (Å²) in [6, 6.07) is 14.7. The molecule has 7 nitrogen and oxygen atoms in total. The van der Waals surface area contributed by atoms with Crippen molar-refractivity contribution in [3.05, 3.63) is 77.6 Å². The monoisotopic (exact) mass is 530 g/mol. The molecule has 1 aliphatic heterocycles. The van der Waals surface area contributed by atoms with E-state index in [0.717, 1.165) is 37.7 Å². The standard InChI is InChI=1S/C30H28F2N4O3/c1-37-27-13-19(14-28(38-2)29(27)39-3)23-16-26(22-9-8-20(31)15-25(22)32)34-30(24(23)17-33)36-12-6-7-21(36)18-35-10-4-5-11-35/h6-9,12-16H,4-5,10-11,18H2,1-3H3. The second-order valence-electron chi connectivity index (χ2n) is 9.26. The third kappa shape index (κ3) is 5.03. The average Bonchev–Trinajstić information content (AvgIpc) is 3.64. The summed E-state index contributed by atoms with van der Waals surface area (Å²) in [6.07, 6.45) is 4.14. The van der Waals surface area contributed by atoms with E-state index in [-0.39, 0.29) is 16.8 Å². The fraction of sp³-hybridized carbons (Fsp3) is 0.267. The normalized spacial score (nSPS) is 13.3. The van der Waals surface area contributed by atoms with Crippen LogP contribution in [0.2, 0.25) is 0 Å². The zero-order valence-corrected chi connectivity index (χ0v) is 22.0. The van der Waals surface area contributed by atoms with Crippen molar-refractivity contribution >= 4 is 0 Å². The summed E-state index contributed by atoms with van der Waals surface area (Å²) < 4.78 is 47.2. The zero-order valence-electron chi connectivity index (χ0n) is 22.0. The molecule has 0 spiro atoms. The van der Waals surface area contributed by atoms with Gasteiger partial charge in [0.15, 0.2) is 17.3 Å². The van der Waals surface area contributed by atoms with Gasteiger partial charge in [0.05, 0.1) is 27.0 Å². The molecule has 0 saturated carbocycles. The molecule has 0 bridgehead atoms. The van der Waals surface area contributed by atoms with Crippen molar-refractivity contribution in [3.8, 4) is 51.5 Å². The Morgan fingerprint density at radius 2 is 1.64 bits per heavy atom. The minimum Gasteiger partial charge on any atom is -0.493 e. The maximum atomic E-state index is 15.0. The molecule has 0 unspecified atom stereocenters. The van der Waals surface area contributed by atoms with Crippen LogP contribution < -0.4 is 14.2 Å². The first-order valence-corrected chi connectivity index (χ1v) is 12.6. The summed E-state index contributed by atoms with van der Waals surface area (Å²) in [4.78, 5) is 7.11. The molecule has 5 rings (SSSR count). The summed E-state index contributed by atoms with van der Waals surface area (Å²) in [5, 5.41) is 10.4. The molecule has 0 N–H and O–H groups in total. The van der Waals surface area contributed by atoms with Crippen LogP contribution in [0.15, 0.2) is 54.7 Å². The van der Waals surface area contributed by atoms with E-state index in [1.54, 1.807) is 18.2 Å². The van der Waals surface area contributed by atoms with Crippen molar-refractivity contribution in [1.82, 2.24) is 14.5 Å². The van der Waals surface area contributed by atoms with Crippen molar-refractivity contribution in [3.63, 3.8) is 0 Å². The van der Waals surface area contributed by atoms with Crippen molar-refractivity contribution in [2.24, 2.45) is 0 Å². The molecule has 4 aromatic rings. The molecule has 9 heteroatoms. The third-order valence-corrected chi connectivity index (χ3v) is 6.94. The lowest BCUT2D eigenvalue weighted by Crippen LogP contribution is -2.20. The van der Waals surface area contributed by atoms with Gasteiger partial charge in [-0.15, -0.1) is 0 Å². The second-order valence-corrected chi connectivity index (χ2v) is 9.26. The second kappa shape index (κ2) is 11.1. The summed E-state index contributed by atoms with van der Waals surface area (Å²) in [5.41, 5.74) is 2.68. The van der Waals surface area contributed by atoms with Crippen LogP contribution in [0.5, 0.6) is 17.2 Å². The van der Waals surface area contributed by atoms with Crippen LogP contribution in [-0.2, 0) is 6.54 Å². The number of aromatic nitrogens is 2. The zero-order chi connectivity index (χ0) is 27.5. The molecular formula is C30H28F2N4O3. The van der Waals surface area contributed by atoms with Gasteiger partial charge in [0.1, 0.15) is 23.3 Å². The lowest BCUT2D eigenvalue weighted by Gasteiger charge is -2.20. The van der Waals surface area contributed by atoms with Gasteiger partial charge < -0.3 is 18.8 Å². The molecule has 1 fully saturated rings. The number of ether oxygens (including phenoxy) is 3. The topological polar surface area (TPSA) is 72.5 Å². The number of benzene rings is 2. The van der Waals surface area contributed by atoms with Gasteiger partial charge in [-0.1, -0.05) is 0 Å². The highest BCUT2D eigenvalue weighted by Gasteiger charge is 2.23. The molecule has 3 heterocycles. The Bertz CT molecular complexity index is 1530. The smallest absolute Gasteiger partial charge is 0.203 e. The molecule has 2 aromatic carbocycles. The van der Waals surface area contributed by atoms with E-state index in [9.17, 15) is 14.0 Å². The highest BCUT2D eigenvalue weighted by molar-refractivity contribution is 5.81. The van der Waals surface area contributed by atoms with Gasteiger partial charge in [0.2, 0.25) is 5.75 Å². The number of rotatable bonds is 8. The highest BCUT2D eigenvalue weighted by Crippen LogP contribution is 2.43. The molecule has 200 valence electrons. The molecule has 1 aliphatic rings. The van der Waals surface area contributed by atoms with E-state index in [1.165, 1.54) is 33.5 Å². The van der Waals surface area contributed by atoms with Crippen LogP contribution >= 0.6 is 0 Å². The summed E-state index contributed by atoms with van der Waals surface area (Å²) >= 11 is 0. The van der Waals surface area contributed by atoms with Crippen molar-refractivity contribution in [2.75, 3.05) is 34.4 Å².